The van der Waals surface area contributed by atoms with Gasteiger partial charge < -0.3 is 5.73 Å². The molecule has 0 spiro atoms. The number of nitrogens with zero attached hydrogens (tertiary/aromatic N) is 1. The van der Waals surface area contributed by atoms with Gasteiger partial charge in [-0.2, -0.15) is 4.31 Å². The zero-order chi connectivity index (χ0) is 14.9. The Morgan fingerprint density at radius 1 is 1.35 bits per heavy atom. The highest BCUT2D eigenvalue weighted by Gasteiger charge is 2.39. The molecule has 4 nitrogen and oxygen atoms in total. The summed E-state index contributed by atoms with van der Waals surface area (Å²) < 4.78 is 53.4. The van der Waals surface area contributed by atoms with E-state index in [0.29, 0.717) is 13.0 Å². The second kappa shape index (κ2) is 5.65. The van der Waals surface area contributed by atoms with Crippen LogP contribution in [0.4, 0.5) is 14.5 Å². The quantitative estimate of drug-likeness (QED) is 0.821. The Labute approximate surface area is 117 Å². The number of nitrogens with two attached hydrogens (primary N) is 1. The maximum absolute atomic E-state index is 14.0. The lowest BCUT2D eigenvalue weighted by Crippen LogP contribution is -2.34. The molecule has 1 aliphatic rings. The molecule has 0 aliphatic heterocycles. The largest absolute Gasteiger partial charge is 0.394 e. The summed E-state index contributed by atoms with van der Waals surface area (Å²) in [6, 6.07) is 1.76. The van der Waals surface area contributed by atoms with Gasteiger partial charge in [-0.1, -0.05) is 13.3 Å². The number of hydrogen-bond acceptors (Lipinski definition) is 3. The molecule has 0 amide bonds. The van der Waals surface area contributed by atoms with Crippen molar-refractivity contribution in [2.45, 2.75) is 43.5 Å². The van der Waals surface area contributed by atoms with Gasteiger partial charge >= 0.3 is 0 Å². The Kier molecular flexibility index (Phi) is 4.29. The average molecular weight is 304 g/mol. The van der Waals surface area contributed by atoms with Gasteiger partial charge in [-0.05, 0) is 31.4 Å². The summed E-state index contributed by atoms with van der Waals surface area (Å²) in [4.78, 5) is -0.542. The van der Waals surface area contributed by atoms with Gasteiger partial charge in [0.25, 0.3) is 0 Å². The molecule has 1 fully saturated rings. The lowest BCUT2D eigenvalue weighted by atomic mass is 10.3. The number of unbranched alkanes of at least 4 members (excludes halogenated alkanes) is 1. The normalized spacial score (nSPS) is 15.8. The highest BCUT2D eigenvalue weighted by atomic mass is 32.2. The maximum Gasteiger partial charge on any atom is 0.246 e. The third-order valence-corrected chi connectivity index (χ3v) is 5.33. The predicted octanol–water partition coefficient (Wildman–Crippen LogP) is 2.50. The SMILES string of the molecule is CCCCN(C1CC1)S(=O)(=O)c1ccc(F)c(N)c1F. The van der Waals surface area contributed by atoms with Gasteiger partial charge in [0.05, 0.1) is 0 Å². The van der Waals surface area contributed by atoms with Crippen molar-refractivity contribution in [2.24, 2.45) is 0 Å². The predicted molar refractivity (Wildman–Crippen MR) is 72.6 cm³/mol. The summed E-state index contributed by atoms with van der Waals surface area (Å²) in [6.07, 6.45) is 3.10. The van der Waals surface area contributed by atoms with E-state index in [9.17, 15) is 17.2 Å². The number of hydrogen-bond donors (Lipinski definition) is 1. The van der Waals surface area contributed by atoms with Crippen molar-refractivity contribution >= 4 is 15.7 Å². The van der Waals surface area contributed by atoms with Crippen LogP contribution in [-0.2, 0) is 10.0 Å². The molecule has 1 saturated carbocycles. The van der Waals surface area contributed by atoms with Crippen LogP contribution in [0.15, 0.2) is 17.0 Å². The van der Waals surface area contributed by atoms with E-state index in [-0.39, 0.29) is 6.04 Å². The first-order valence-electron chi connectivity index (χ1n) is 6.65. The van der Waals surface area contributed by atoms with Crippen LogP contribution < -0.4 is 5.73 Å². The van der Waals surface area contributed by atoms with Crippen LogP contribution in [0.1, 0.15) is 32.6 Å². The summed E-state index contributed by atoms with van der Waals surface area (Å²) in [6.45, 7) is 2.30. The number of benzene rings is 1. The topological polar surface area (TPSA) is 63.4 Å². The second-order valence-electron chi connectivity index (χ2n) is 4.97. The maximum atomic E-state index is 14.0. The summed E-state index contributed by atoms with van der Waals surface area (Å²) >= 11 is 0. The number of sulfonamides is 1. The van der Waals surface area contributed by atoms with Gasteiger partial charge in [0, 0.05) is 12.6 Å². The van der Waals surface area contributed by atoms with Crippen molar-refractivity contribution in [3.05, 3.63) is 23.8 Å². The van der Waals surface area contributed by atoms with E-state index in [4.69, 9.17) is 5.73 Å². The first kappa shape index (κ1) is 15.2. The van der Waals surface area contributed by atoms with Gasteiger partial charge in [0.2, 0.25) is 10.0 Å². The zero-order valence-electron chi connectivity index (χ0n) is 11.3. The van der Waals surface area contributed by atoms with Crippen molar-refractivity contribution in [3.8, 4) is 0 Å². The summed E-state index contributed by atoms with van der Waals surface area (Å²) in [5, 5.41) is 0. The average Bonchev–Trinajstić information content (AvgIpc) is 3.20. The Bertz CT molecular complexity index is 601. The molecule has 0 heterocycles. The van der Waals surface area contributed by atoms with E-state index < -0.39 is 32.2 Å². The molecule has 1 aliphatic carbocycles. The monoisotopic (exact) mass is 304 g/mol. The van der Waals surface area contributed by atoms with Crippen molar-refractivity contribution in [1.29, 1.82) is 0 Å². The van der Waals surface area contributed by atoms with Crippen molar-refractivity contribution < 1.29 is 17.2 Å². The van der Waals surface area contributed by atoms with E-state index in [2.05, 4.69) is 0 Å². The third-order valence-electron chi connectivity index (χ3n) is 3.36. The Hall–Kier alpha value is -1.21. The molecule has 0 unspecified atom stereocenters. The molecule has 0 saturated heterocycles. The Morgan fingerprint density at radius 2 is 2.00 bits per heavy atom. The molecular formula is C13H18F2N2O2S. The molecule has 1 aromatic carbocycles. The van der Waals surface area contributed by atoms with Gasteiger partial charge in [-0.25, -0.2) is 17.2 Å². The minimum Gasteiger partial charge on any atom is -0.394 e. The molecular weight excluding hydrogens is 286 g/mol. The summed E-state index contributed by atoms with van der Waals surface area (Å²) in [5.74, 6) is -2.15. The fourth-order valence-corrected chi connectivity index (χ4v) is 3.85. The van der Waals surface area contributed by atoms with Crippen molar-refractivity contribution in [1.82, 2.24) is 4.31 Å². The Balaban J connectivity index is 2.40. The van der Waals surface area contributed by atoms with Gasteiger partial charge in [-0.15, -0.1) is 0 Å². The Morgan fingerprint density at radius 3 is 2.55 bits per heavy atom. The van der Waals surface area contributed by atoms with E-state index in [1.54, 1.807) is 0 Å². The number of rotatable bonds is 6. The third kappa shape index (κ3) is 2.78. The van der Waals surface area contributed by atoms with Crippen LogP contribution in [0.25, 0.3) is 0 Å². The minimum atomic E-state index is -3.97. The van der Waals surface area contributed by atoms with Crippen LogP contribution in [0.3, 0.4) is 0 Å². The number of anilines is 1. The van der Waals surface area contributed by atoms with Crippen LogP contribution >= 0.6 is 0 Å². The van der Waals surface area contributed by atoms with E-state index in [1.807, 2.05) is 6.92 Å². The summed E-state index contributed by atoms with van der Waals surface area (Å²) in [7, 11) is -3.97. The molecule has 0 radical (unpaired) electrons. The molecule has 1 aromatic rings. The number of nitrogen functional groups attached to an aromatic ring is 1. The van der Waals surface area contributed by atoms with Gasteiger partial charge in [0.15, 0.2) is 5.82 Å². The van der Waals surface area contributed by atoms with Gasteiger partial charge in [-0.3, -0.25) is 0 Å². The molecule has 0 atom stereocenters. The minimum absolute atomic E-state index is 0.0720. The molecule has 0 aromatic heterocycles. The zero-order valence-corrected chi connectivity index (χ0v) is 12.1. The molecule has 0 bridgehead atoms. The summed E-state index contributed by atoms with van der Waals surface area (Å²) in [5.41, 5.74) is 4.49. The van der Waals surface area contributed by atoms with Crippen LogP contribution in [-0.4, -0.2) is 25.3 Å². The van der Waals surface area contributed by atoms with Crippen molar-refractivity contribution in [3.63, 3.8) is 0 Å². The standard InChI is InChI=1S/C13H18F2N2O2S/c1-2-3-8-17(9-4-5-9)20(18,19)11-7-6-10(14)13(16)12(11)15/h6-7,9H,2-5,8,16H2,1H3. The fraction of sp³-hybridized carbons (Fsp3) is 0.538. The molecule has 7 heteroatoms. The highest BCUT2D eigenvalue weighted by Crippen LogP contribution is 2.34. The smallest absolute Gasteiger partial charge is 0.246 e. The van der Waals surface area contributed by atoms with Crippen molar-refractivity contribution in [2.75, 3.05) is 12.3 Å². The lowest BCUT2D eigenvalue weighted by Gasteiger charge is -2.22. The van der Waals surface area contributed by atoms with Crippen LogP contribution in [0.2, 0.25) is 0 Å². The fourth-order valence-electron chi connectivity index (χ4n) is 2.05. The molecule has 20 heavy (non-hydrogen) atoms. The second-order valence-corrected chi connectivity index (χ2v) is 6.83. The van der Waals surface area contributed by atoms with Crippen LogP contribution in [0.5, 0.6) is 0 Å². The first-order chi connectivity index (χ1) is 9.39. The molecule has 112 valence electrons. The molecule has 2 N–H and O–H groups in total. The van der Waals surface area contributed by atoms with Crippen LogP contribution in [0, 0.1) is 11.6 Å². The van der Waals surface area contributed by atoms with E-state index in [1.165, 1.54) is 4.31 Å². The first-order valence-corrected chi connectivity index (χ1v) is 8.09. The highest BCUT2D eigenvalue weighted by molar-refractivity contribution is 7.89. The van der Waals surface area contributed by atoms with E-state index in [0.717, 1.165) is 31.4 Å². The van der Waals surface area contributed by atoms with Gasteiger partial charge in [0.1, 0.15) is 16.4 Å². The molecule has 2 rings (SSSR count). The van der Waals surface area contributed by atoms with E-state index >= 15 is 0 Å². The number of halogens is 2. The lowest BCUT2D eigenvalue weighted by molar-refractivity contribution is 0.392.